The Morgan fingerprint density at radius 3 is 2.76 bits per heavy atom. The van der Waals surface area contributed by atoms with E-state index in [0.717, 1.165) is 6.07 Å². The van der Waals surface area contributed by atoms with E-state index in [-0.39, 0.29) is 35.4 Å². The molecule has 0 aliphatic carbocycles. The Balaban J connectivity index is 2.27. The minimum Gasteiger partial charge on any atom is -0.466 e. The fourth-order valence-corrected chi connectivity index (χ4v) is 1.81. The highest BCUT2D eigenvalue weighted by Gasteiger charge is 2.14. The van der Waals surface area contributed by atoms with Crippen molar-refractivity contribution in [2.45, 2.75) is 6.92 Å². The first-order valence-electron chi connectivity index (χ1n) is 7.09. The molecule has 0 saturated heterocycles. The number of benzene rings is 1. The molecule has 1 aromatic heterocycles. The van der Waals surface area contributed by atoms with Gasteiger partial charge >= 0.3 is 5.97 Å². The zero-order valence-corrected chi connectivity index (χ0v) is 13.5. The van der Waals surface area contributed by atoms with Crippen LogP contribution < -0.4 is 20.5 Å². The van der Waals surface area contributed by atoms with Crippen molar-refractivity contribution in [2.24, 2.45) is 0 Å². The Kier molecular flexibility index (Phi) is 5.72. The average Bonchev–Trinajstić information content (AvgIpc) is 2.57. The summed E-state index contributed by atoms with van der Waals surface area (Å²) in [4.78, 5) is 26.3. The van der Waals surface area contributed by atoms with Crippen molar-refractivity contribution in [1.82, 2.24) is 4.98 Å². The van der Waals surface area contributed by atoms with Crippen molar-refractivity contribution >= 4 is 23.3 Å². The van der Waals surface area contributed by atoms with Gasteiger partial charge in [-0.2, -0.15) is 0 Å². The van der Waals surface area contributed by atoms with Crippen LogP contribution in [0.4, 0.5) is 15.8 Å². The number of amides is 1. The number of pyridine rings is 1. The van der Waals surface area contributed by atoms with Gasteiger partial charge in [-0.15, -0.1) is 0 Å². The van der Waals surface area contributed by atoms with Crippen LogP contribution >= 0.6 is 0 Å². The Hall–Kier alpha value is -3.36. The van der Waals surface area contributed by atoms with E-state index >= 15 is 0 Å². The van der Waals surface area contributed by atoms with Crippen LogP contribution in [0.5, 0.6) is 17.4 Å². The summed E-state index contributed by atoms with van der Waals surface area (Å²) in [6.07, 6.45) is 1.44. The summed E-state index contributed by atoms with van der Waals surface area (Å²) in [6.45, 7) is 0.885. The minimum absolute atomic E-state index is 0.00868. The second-order valence-electron chi connectivity index (χ2n) is 4.82. The van der Waals surface area contributed by atoms with E-state index in [9.17, 15) is 14.0 Å². The van der Waals surface area contributed by atoms with Crippen molar-refractivity contribution in [2.75, 3.05) is 24.8 Å². The molecule has 0 fully saturated rings. The summed E-state index contributed by atoms with van der Waals surface area (Å²) < 4.78 is 29.1. The number of nitrogens with one attached hydrogen (secondary N) is 1. The van der Waals surface area contributed by atoms with Gasteiger partial charge in [0, 0.05) is 25.3 Å². The van der Waals surface area contributed by atoms with E-state index in [2.05, 4.69) is 15.0 Å². The number of nitrogens with zero attached hydrogens (tertiary/aromatic N) is 1. The fraction of sp³-hybridized carbons (Fsp3) is 0.188. The van der Waals surface area contributed by atoms with Gasteiger partial charge in [-0.1, -0.05) is 0 Å². The van der Waals surface area contributed by atoms with Crippen LogP contribution in [0.15, 0.2) is 30.5 Å². The van der Waals surface area contributed by atoms with E-state index in [4.69, 9.17) is 15.2 Å². The maximum atomic E-state index is 13.8. The van der Waals surface area contributed by atoms with Crippen LogP contribution in [0.3, 0.4) is 0 Å². The van der Waals surface area contributed by atoms with Crippen LogP contribution in [-0.2, 0) is 14.3 Å². The molecule has 8 nitrogen and oxygen atoms in total. The molecule has 9 heteroatoms. The molecule has 132 valence electrons. The van der Waals surface area contributed by atoms with Crippen molar-refractivity contribution in [3.8, 4) is 17.4 Å². The molecule has 1 aromatic carbocycles. The van der Waals surface area contributed by atoms with Gasteiger partial charge in [-0.3, -0.25) is 4.79 Å². The molecule has 0 spiro atoms. The van der Waals surface area contributed by atoms with Gasteiger partial charge in [-0.25, -0.2) is 14.2 Å². The lowest BCUT2D eigenvalue weighted by molar-refractivity contribution is -0.143. The van der Waals surface area contributed by atoms with E-state index < -0.39 is 17.7 Å². The minimum atomic E-state index is -0.701. The third-order valence-electron chi connectivity index (χ3n) is 2.92. The normalized spacial score (nSPS) is 10.0. The van der Waals surface area contributed by atoms with Crippen LogP contribution in [0.1, 0.15) is 6.92 Å². The maximum Gasteiger partial charge on any atom is 0.343 e. The summed E-state index contributed by atoms with van der Waals surface area (Å²) in [6, 6.07) is 5.37. The van der Waals surface area contributed by atoms with Crippen LogP contribution in [0.2, 0.25) is 0 Å². The number of methoxy groups -OCH3 is 1. The molecular formula is C16H16FN3O5. The lowest BCUT2D eigenvalue weighted by Crippen LogP contribution is -2.13. The van der Waals surface area contributed by atoms with E-state index in [1.807, 2.05) is 0 Å². The molecule has 1 amide bonds. The third-order valence-corrected chi connectivity index (χ3v) is 2.92. The van der Waals surface area contributed by atoms with Crippen molar-refractivity contribution in [1.29, 1.82) is 0 Å². The summed E-state index contributed by atoms with van der Waals surface area (Å²) in [5.74, 6) is -1.48. The summed E-state index contributed by atoms with van der Waals surface area (Å²) in [5, 5.41) is 2.33. The molecule has 25 heavy (non-hydrogen) atoms. The summed E-state index contributed by atoms with van der Waals surface area (Å²) in [5.41, 5.74) is 5.67. The zero-order chi connectivity index (χ0) is 18.4. The van der Waals surface area contributed by atoms with Crippen molar-refractivity contribution in [3.63, 3.8) is 0 Å². The number of ether oxygens (including phenoxy) is 3. The van der Waals surface area contributed by atoms with Gasteiger partial charge in [0.1, 0.15) is 5.82 Å². The highest BCUT2D eigenvalue weighted by molar-refractivity contribution is 5.89. The molecule has 2 rings (SSSR count). The van der Waals surface area contributed by atoms with Gasteiger partial charge in [0.05, 0.1) is 18.5 Å². The topological polar surface area (TPSA) is 113 Å². The number of halogens is 1. The molecule has 0 bridgehead atoms. The molecule has 0 atom stereocenters. The molecular weight excluding hydrogens is 333 g/mol. The molecule has 0 aliphatic heterocycles. The molecule has 3 N–H and O–H groups in total. The monoisotopic (exact) mass is 349 g/mol. The zero-order valence-electron chi connectivity index (χ0n) is 13.5. The van der Waals surface area contributed by atoms with Gasteiger partial charge < -0.3 is 25.3 Å². The molecule has 0 saturated carbocycles. The first-order chi connectivity index (χ1) is 11.9. The number of hydrogen-bond acceptors (Lipinski definition) is 7. The second-order valence-corrected chi connectivity index (χ2v) is 4.82. The molecule has 0 unspecified atom stereocenters. The van der Waals surface area contributed by atoms with Gasteiger partial charge in [0.25, 0.3) is 5.88 Å². The predicted octanol–water partition coefficient (Wildman–Crippen LogP) is 2.11. The van der Waals surface area contributed by atoms with Crippen molar-refractivity contribution in [3.05, 3.63) is 36.3 Å². The van der Waals surface area contributed by atoms with E-state index in [0.29, 0.717) is 0 Å². The van der Waals surface area contributed by atoms with Gasteiger partial charge in [0.2, 0.25) is 5.91 Å². The van der Waals surface area contributed by atoms with E-state index in [1.165, 1.54) is 32.4 Å². The number of esters is 1. The second kappa shape index (κ2) is 7.95. The Bertz CT molecular complexity index is 797. The highest BCUT2D eigenvalue weighted by atomic mass is 19.1. The number of nitrogen functional groups attached to an aromatic ring is 1. The first kappa shape index (κ1) is 18.0. The Morgan fingerprint density at radius 1 is 1.32 bits per heavy atom. The number of anilines is 2. The summed E-state index contributed by atoms with van der Waals surface area (Å²) >= 11 is 0. The van der Waals surface area contributed by atoms with Crippen LogP contribution in [0.25, 0.3) is 0 Å². The molecule has 0 radical (unpaired) electrons. The van der Waals surface area contributed by atoms with Crippen LogP contribution in [0, 0.1) is 5.82 Å². The molecule has 1 heterocycles. The summed E-state index contributed by atoms with van der Waals surface area (Å²) in [7, 11) is 1.23. The van der Waals surface area contributed by atoms with E-state index in [1.54, 1.807) is 6.07 Å². The van der Waals surface area contributed by atoms with Crippen molar-refractivity contribution < 1.29 is 28.2 Å². The Labute approximate surface area is 142 Å². The lowest BCUT2D eigenvalue weighted by Gasteiger charge is -2.14. The average molecular weight is 349 g/mol. The predicted molar refractivity (Wildman–Crippen MR) is 86.9 cm³/mol. The standard InChI is InChI=1S/C16H16FN3O5/c1-9(21)20-12-7-14(11(18)6-10(12)17)25-13-4-3-5-19-16(13)24-8-15(22)23-2/h3-7H,8,18H2,1-2H3,(H,20,21). The first-order valence-corrected chi connectivity index (χ1v) is 7.09. The number of carbonyl (C=O) groups excluding carboxylic acids is 2. The molecule has 0 aliphatic rings. The smallest absolute Gasteiger partial charge is 0.343 e. The lowest BCUT2D eigenvalue weighted by atomic mass is 10.2. The number of carbonyl (C=O) groups is 2. The highest BCUT2D eigenvalue weighted by Crippen LogP contribution is 2.35. The van der Waals surface area contributed by atoms with Crippen LogP contribution in [-0.4, -0.2) is 30.6 Å². The largest absolute Gasteiger partial charge is 0.466 e. The maximum absolute atomic E-state index is 13.8. The molecule has 2 aromatic rings. The number of nitrogens with two attached hydrogens (primary N) is 1. The third kappa shape index (κ3) is 4.80. The van der Waals surface area contributed by atoms with Gasteiger partial charge in [0.15, 0.2) is 18.1 Å². The van der Waals surface area contributed by atoms with Gasteiger partial charge in [-0.05, 0) is 12.1 Å². The quantitative estimate of drug-likeness (QED) is 0.606. The number of aromatic nitrogens is 1. The number of rotatable bonds is 6. The fourth-order valence-electron chi connectivity index (χ4n) is 1.81. The Morgan fingerprint density at radius 2 is 2.08 bits per heavy atom. The number of hydrogen-bond donors (Lipinski definition) is 2. The SMILES string of the molecule is COC(=O)COc1ncccc1Oc1cc(NC(C)=O)c(F)cc1N.